The Balaban J connectivity index is 2.15. The van der Waals surface area contributed by atoms with Gasteiger partial charge in [0.25, 0.3) is 0 Å². The van der Waals surface area contributed by atoms with Gasteiger partial charge in [-0.1, -0.05) is 36.4 Å². The quantitative estimate of drug-likeness (QED) is 0.765. The van der Waals surface area contributed by atoms with E-state index in [1.165, 1.54) is 6.07 Å². The lowest BCUT2D eigenvalue weighted by molar-refractivity contribution is 0.0690. The van der Waals surface area contributed by atoms with Crippen LogP contribution in [0.4, 0.5) is 0 Å². The summed E-state index contributed by atoms with van der Waals surface area (Å²) < 4.78 is 0. The molecule has 0 amide bonds. The molecule has 98 valence electrons. The molecule has 1 aromatic carbocycles. The fraction of sp³-hybridized carbons (Fsp3) is 0.143. The van der Waals surface area contributed by atoms with Gasteiger partial charge in [0.2, 0.25) is 0 Å². The van der Waals surface area contributed by atoms with Crippen LogP contribution in [0.3, 0.4) is 0 Å². The second-order valence-electron chi connectivity index (χ2n) is 4.05. The molecule has 0 atom stereocenters. The Morgan fingerprint density at radius 1 is 1.42 bits per heavy atom. The van der Waals surface area contributed by atoms with Crippen LogP contribution in [0.25, 0.3) is 17.3 Å². The summed E-state index contributed by atoms with van der Waals surface area (Å²) in [6.45, 7) is 0.823. The number of hydrogen-bond donors (Lipinski definition) is 3. The fourth-order valence-corrected chi connectivity index (χ4v) is 1.66. The molecule has 3 N–H and O–H groups in total. The number of aromatic amines is 1. The van der Waals surface area contributed by atoms with Crippen LogP contribution in [0.5, 0.6) is 0 Å². The van der Waals surface area contributed by atoms with Gasteiger partial charge in [-0.3, -0.25) is 5.10 Å². The molecule has 0 saturated carbocycles. The van der Waals surface area contributed by atoms with Crippen molar-refractivity contribution in [2.24, 2.45) is 0 Å². The summed E-state index contributed by atoms with van der Waals surface area (Å²) in [5, 5.41) is 18.3. The van der Waals surface area contributed by atoms with Gasteiger partial charge in [-0.25, -0.2) is 4.79 Å². The third kappa shape index (κ3) is 3.29. The van der Waals surface area contributed by atoms with E-state index in [-0.39, 0.29) is 5.69 Å². The van der Waals surface area contributed by atoms with Crippen molar-refractivity contribution in [3.05, 3.63) is 47.7 Å². The first-order valence-corrected chi connectivity index (χ1v) is 5.91. The smallest absolute Gasteiger partial charge is 0.353 e. The maximum atomic E-state index is 10.8. The zero-order chi connectivity index (χ0) is 13.7. The minimum atomic E-state index is -1.01. The topological polar surface area (TPSA) is 78.0 Å². The number of aromatic carboxylic acids is 1. The highest BCUT2D eigenvalue weighted by Crippen LogP contribution is 2.18. The van der Waals surface area contributed by atoms with E-state index in [9.17, 15) is 4.79 Å². The lowest BCUT2D eigenvalue weighted by atomic mass is 10.1. The molecule has 19 heavy (non-hydrogen) atoms. The van der Waals surface area contributed by atoms with E-state index in [1.54, 1.807) is 0 Å². The van der Waals surface area contributed by atoms with Crippen molar-refractivity contribution in [1.82, 2.24) is 15.5 Å². The summed E-state index contributed by atoms with van der Waals surface area (Å²) >= 11 is 0. The zero-order valence-corrected chi connectivity index (χ0v) is 10.6. The molecular formula is C14H15N3O2. The highest BCUT2D eigenvalue weighted by Gasteiger charge is 2.08. The lowest BCUT2D eigenvalue weighted by Gasteiger charge is -1.97. The monoisotopic (exact) mass is 257 g/mol. The standard InChI is InChI=1S/C14H15N3O2/c1-15-8-2-3-10-4-6-11(7-5-10)12-9-13(14(18)19)17-16-12/h2-7,9,15H,8H2,1H3,(H,16,17)(H,18,19). The van der Waals surface area contributed by atoms with Gasteiger partial charge in [0, 0.05) is 12.1 Å². The number of benzene rings is 1. The Morgan fingerprint density at radius 3 is 2.74 bits per heavy atom. The van der Waals surface area contributed by atoms with E-state index in [4.69, 9.17) is 5.11 Å². The van der Waals surface area contributed by atoms with Crippen LogP contribution in [-0.2, 0) is 0 Å². The predicted octanol–water partition coefficient (Wildman–Crippen LogP) is 2.01. The van der Waals surface area contributed by atoms with Gasteiger partial charge >= 0.3 is 5.97 Å². The maximum absolute atomic E-state index is 10.8. The first-order valence-electron chi connectivity index (χ1n) is 5.91. The molecule has 0 aliphatic heterocycles. The van der Waals surface area contributed by atoms with Crippen LogP contribution in [0.2, 0.25) is 0 Å². The molecule has 0 bridgehead atoms. The van der Waals surface area contributed by atoms with Crippen LogP contribution in [0.1, 0.15) is 16.1 Å². The number of aromatic nitrogens is 2. The van der Waals surface area contributed by atoms with Crippen LogP contribution in [-0.4, -0.2) is 34.9 Å². The van der Waals surface area contributed by atoms with Gasteiger partial charge in [0.05, 0.1) is 5.69 Å². The average Bonchev–Trinajstić information content (AvgIpc) is 2.90. The molecule has 0 aliphatic carbocycles. The first kappa shape index (κ1) is 13.0. The number of carboxylic acids is 1. The minimum absolute atomic E-state index is 0.0907. The second-order valence-corrected chi connectivity index (χ2v) is 4.05. The number of carboxylic acid groups (broad SMARTS) is 1. The molecule has 2 rings (SSSR count). The van der Waals surface area contributed by atoms with Gasteiger partial charge in [0.15, 0.2) is 0 Å². The molecule has 5 heteroatoms. The lowest BCUT2D eigenvalue weighted by Crippen LogP contribution is -2.03. The normalized spacial score (nSPS) is 11.0. The minimum Gasteiger partial charge on any atom is -0.477 e. The molecule has 0 saturated heterocycles. The Labute approximate surface area is 111 Å². The number of H-pyrrole nitrogens is 1. The summed E-state index contributed by atoms with van der Waals surface area (Å²) in [5.41, 5.74) is 2.69. The van der Waals surface area contributed by atoms with Crippen LogP contribution >= 0.6 is 0 Å². The summed E-state index contributed by atoms with van der Waals surface area (Å²) in [5.74, 6) is -1.01. The summed E-state index contributed by atoms with van der Waals surface area (Å²) in [6, 6.07) is 9.29. The van der Waals surface area contributed by atoms with E-state index in [2.05, 4.69) is 15.5 Å². The fourth-order valence-electron chi connectivity index (χ4n) is 1.66. The van der Waals surface area contributed by atoms with Crippen LogP contribution in [0.15, 0.2) is 36.4 Å². The van der Waals surface area contributed by atoms with Crippen molar-refractivity contribution in [3.63, 3.8) is 0 Å². The number of rotatable bonds is 5. The molecule has 0 unspecified atom stereocenters. The van der Waals surface area contributed by atoms with Crippen molar-refractivity contribution in [2.45, 2.75) is 0 Å². The second kappa shape index (κ2) is 5.97. The molecule has 0 fully saturated rings. The van der Waals surface area contributed by atoms with Crippen molar-refractivity contribution in [3.8, 4) is 11.3 Å². The Bertz CT molecular complexity index is 585. The number of nitrogens with zero attached hydrogens (tertiary/aromatic N) is 1. The van der Waals surface area contributed by atoms with E-state index < -0.39 is 5.97 Å². The Kier molecular flexibility index (Phi) is 4.10. The van der Waals surface area contributed by atoms with Gasteiger partial charge in [-0.15, -0.1) is 0 Å². The number of hydrogen-bond acceptors (Lipinski definition) is 3. The van der Waals surface area contributed by atoms with E-state index >= 15 is 0 Å². The molecule has 1 aromatic heterocycles. The third-order valence-corrected chi connectivity index (χ3v) is 2.65. The highest BCUT2D eigenvalue weighted by atomic mass is 16.4. The summed E-state index contributed by atoms with van der Waals surface area (Å²) in [6.07, 6.45) is 4.06. The Morgan fingerprint density at radius 2 is 2.16 bits per heavy atom. The third-order valence-electron chi connectivity index (χ3n) is 2.65. The van der Waals surface area contributed by atoms with E-state index in [0.29, 0.717) is 5.69 Å². The zero-order valence-electron chi connectivity index (χ0n) is 10.6. The largest absolute Gasteiger partial charge is 0.477 e. The average molecular weight is 257 g/mol. The Hall–Kier alpha value is -2.40. The van der Waals surface area contributed by atoms with Crippen LogP contribution < -0.4 is 5.32 Å². The molecule has 0 radical (unpaired) electrons. The first-order chi connectivity index (χ1) is 9.20. The van der Waals surface area contributed by atoms with Crippen molar-refractivity contribution in [1.29, 1.82) is 0 Å². The molecule has 0 spiro atoms. The van der Waals surface area contributed by atoms with Crippen LogP contribution in [0, 0.1) is 0 Å². The SMILES string of the molecule is CNCC=Cc1ccc(-c2cc(C(=O)O)[nH]n2)cc1. The maximum Gasteiger partial charge on any atom is 0.353 e. The van der Waals surface area contributed by atoms with Crippen molar-refractivity contribution >= 4 is 12.0 Å². The van der Waals surface area contributed by atoms with E-state index in [1.807, 2.05) is 43.5 Å². The van der Waals surface area contributed by atoms with Gasteiger partial charge in [0.1, 0.15) is 5.69 Å². The number of likely N-dealkylation sites (N-methyl/N-ethyl adjacent to an activating group) is 1. The molecular weight excluding hydrogens is 242 g/mol. The molecule has 0 aliphatic rings. The predicted molar refractivity (Wildman–Crippen MR) is 73.9 cm³/mol. The van der Waals surface area contributed by atoms with Crippen molar-refractivity contribution < 1.29 is 9.90 Å². The number of carbonyl (C=O) groups is 1. The van der Waals surface area contributed by atoms with E-state index in [0.717, 1.165) is 17.7 Å². The number of nitrogens with one attached hydrogen (secondary N) is 2. The van der Waals surface area contributed by atoms with Crippen molar-refractivity contribution in [2.75, 3.05) is 13.6 Å². The molecule has 5 nitrogen and oxygen atoms in total. The molecule has 2 aromatic rings. The summed E-state index contributed by atoms with van der Waals surface area (Å²) in [7, 11) is 1.89. The molecule has 1 heterocycles. The van der Waals surface area contributed by atoms with Gasteiger partial charge in [-0.2, -0.15) is 5.10 Å². The van der Waals surface area contributed by atoms with Gasteiger partial charge < -0.3 is 10.4 Å². The highest BCUT2D eigenvalue weighted by molar-refractivity contribution is 5.86. The van der Waals surface area contributed by atoms with Gasteiger partial charge in [-0.05, 0) is 18.7 Å². The summed E-state index contributed by atoms with van der Waals surface area (Å²) in [4.78, 5) is 10.8.